The molecule has 0 aromatic heterocycles. The van der Waals surface area contributed by atoms with Crippen molar-refractivity contribution in [1.82, 2.24) is 5.43 Å². The van der Waals surface area contributed by atoms with Gasteiger partial charge in [-0.3, -0.25) is 4.79 Å². The van der Waals surface area contributed by atoms with Crippen molar-refractivity contribution in [2.75, 3.05) is 6.61 Å². The summed E-state index contributed by atoms with van der Waals surface area (Å²) in [5.74, 6) is 0.324. The molecule has 25 heavy (non-hydrogen) atoms. The number of nitrogens with one attached hydrogen (secondary N) is 1. The van der Waals surface area contributed by atoms with Crippen molar-refractivity contribution in [2.45, 2.75) is 13.8 Å². The minimum atomic E-state index is -0.318. The second-order valence-corrected chi connectivity index (χ2v) is 7.12. The van der Waals surface area contributed by atoms with Crippen LogP contribution in [0.3, 0.4) is 0 Å². The molecular formula is C19H18Br2N2O2. The van der Waals surface area contributed by atoms with Crippen molar-refractivity contribution in [3.05, 3.63) is 68.6 Å². The summed E-state index contributed by atoms with van der Waals surface area (Å²) in [7, 11) is 0. The molecule has 2 aromatic carbocycles. The summed E-state index contributed by atoms with van der Waals surface area (Å²) in [4.78, 5) is 11.9. The molecule has 0 fully saturated rings. The van der Waals surface area contributed by atoms with Crippen molar-refractivity contribution in [2.24, 2.45) is 5.10 Å². The van der Waals surface area contributed by atoms with Crippen LogP contribution in [0.1, 0.15) is 18.1 Å². The largest absolute Gasteiger partial charge is 0.482 e. The van der Waals surface area contributed by atoms with Crippen LogP contribution < -0.4 is 10.2 Å². The molecular weight excluding hydrogens is 448 g/mol. The van der Waals surface area contributed by atoms with Crippen molar-refractivity contribution < 1.29 is 9.53 Å². The molecule has 0 atom stereocenters. The Hall–Kier alpha value is -1.92. The number of halogens is 2. The molecule has 0 saturated carbocycles. The molecule has 0 saturated heterocycles. The van der Waals surface area contributed by atoms with Gasteiger partial charge in [-0.05, 0) is 59.1 Å². The van der Waals surface area contributed by atoms with Gasteiger partial charge >= 0.3 is 0 Å². The highest BCUT2D eigenvalue weighted by Crippen LogP contribution is 2.32. The van der Waals surface area contributed by atoms with Crippen LogP contribution in [-0.2, 0) is 4.79 Å². The van der Waals surface area contributed by atoms with Gasteiger partial charge in [-0.2, -0.15) is 5.10 Å². The molecule has 130 valence electrons. The van der Waals surface area contributed by atoms with E-state index >= 15 is 0 Å². The third-order valence-electron chi connectivity index (χ3n) is 3.22. The molecule has 0 aliphatic rings. The van der Waals surface area contributed by atoms with Crippen LogP contribution in [-0.4, -0.2) is 18.2 Å². The van der Waals surface area contributed by atoms with Gasteiger partial charge in [0.1, 0.15) is 5.75 Å². The van der Waals surface area contributed by atoms with Gasteiger partial charge in [0, 0.05) is 4.47 Å². The number of amides is 1. The summed E-state index contributed by atoms with van der Waals surface area (Å²) in [6, 6.07) is 13.7. The highest BCUT2D eigenvalue weighted by atomic mass is 79.9. The zero-order valence-corrected chi connectivity index (χ0v) is 17.1. The number of rotatable bonds is 6. The van der Waals surface area contributed by atoms with E-state index in [9.17, 15) is 4.79 Å². The van der Waals surface area contributed by atoms with E-state index in [1.165, 1.54) is 0 Å². The van der Waals surface area contributed by atoms with E-state index in [-0.39, 0.29) is 12.5 Å². The molecule has 0 radical (unpaired) electrons. The summed E-state index contributed by atoms with van der Waals surface area (Å²) >= 11 is 6.84. The van der Waals surface area contributed by atoms with Crippen molar-refractivity contribution >= 4 is 49.6 Å². The van der Waals surface area contributed by atoms with Crippen LogP contribution in [0.15, 0.2) is 62.6 Å². The molecule has 6 heteroatoms. The van der Waals surface area contributed by atoms with Gasteiger partial charge in [0.05, 0.1) is 10.2 Å². The van der Waals surface area contributed by atoms with E-state index in [0.29, 0.717) is 11.5 Å². The molecule has 0 bridgehead atoms. The zero-order valence-electron chi connectivity index (χ0n) is 13.9. The second kappa shape index (κ2) is 9.53. The van der Waals surface area contributed by atoms with Gasteiger partial charge in [0.15, 0.2) is 6.61 Å². The Labute approximate surface area is 164 Å². The molecule has 0 aliphatic heterocycles. The van der Waals surface area contributed by atoms with Gasteiger partial charge in [-0.25, -0.2) is 5.43 Å². The van der Waals surface area contributed by atoms with Crippen LogP contribution in [0.25, 0.3) is 6.08 Å². The van der Waals surface area contributed by atoms with Gasteiger partial charge in [-0.15, -0.1) is 0 Å². The lowest BCUT2D eigenvalue weighted by atomic mass is 10.2. The van der Waals surface area contributed by atoms with E-state index < -0.39 is 0 Å². The van der Waals surface area contributed by atoms with Gasteiger partial charge in [0.25, 0.3) is 5.91 Å². The monoisotopic (exact) mass is 464 g/mol. The highest BCUT2D eigenvalue weighted by molar-refractivity contribution is 9.11. The summed E-state index contributed by atoms with van der Waals surface area (Å²) in [5.41, 5.74) is 5.18. The molecule has 2 rings (SSSR count). The number of hydrogen-bond acceptors (Lipinski definition) is 3. The van der Waals surface area contributed by atoms with Gasteiger partial charge < -0.3 is 4.74 Å². The average Bonchev–Trinajstić information content (AvgIpc) is 2.58. The quantitative estimate of drug-likeness (QED) is 0.476. The fourth-order valence-corrected chi connectivity index (χ4v) is 3.56. The first-order chi connectivity index (χ1) is 12.0. The maximum atomic E-state index is 11.9. The van der Waals surface area contributed by atoms with Crippen molar-refractivity contribution in [3.63, 3.8) is 0 Å². The van der Waals surface area contributed by atoms with Crippen LogP contribution in [0.2, 0.25) is 0 Å². The first kappa shape index (κ1) is 19.4. The van der Waals surface area contributed by atoms with E-state index in [4.69, 9.17) is 4.74 Å². The molecule has 0 aliphatic carbocycles. The lowest BCUT2D eigenvalue weighted by Gasteiger charge is -2.11. The normalized spacial score (nSPS) is 11.6. The SMILES string of the molecule is CC(/C=C/c1ccccc1)=N\NC(=O)COc1c(C)cc(Br)cc1Br. The molecule has 0 unspecified atom stereocenters. The Morgan fingerprint density at radius 3 is 2.64 bits per heavy atom. The predicted molar refractivity (Wildman–Crippen MR) is 109 cm³/mol. The van der Waals surface area contributed by atoms with Gasteiger partial charge in [-0.1, -0.05) is 52.3 Å². The minimum absolute atomic E-state index is 0.111. The van der Waals surface area contributed by atoms with Crippen molar-refractivity contribution in [3.8, 4) is 5.75 Å². The Bertz CT molecular complexity index is 779. The fraction of sp³-hybridized carbons (Fsp3) is 0.158. The molecule has 4 nitrogen and oxygen atoms in total. The molecule has 0 spiro atoms. The third kappa shape index (κ3) is 6.48. The number of carbonyl (C=O) groups excluding carboxylic acids is 1. The van der Waals surface area contributed by atoms with E-state index in [1.807, 2.05) is 68.5 Å². The van der Waals surface area contributed by atoms with Crippen molar-refractivity contribution in [1.29, 1.82) is 0 Å². The summed E-state index contributed by atoms with van der Waals surface area (Å²) in [5, 5.41) is 4.04. The predicted octanol–water partition coefficient (Wildman–Crippen LogP) is 5.10. The number of benzene rings is 2. The minimum Gasteiger partial charge on any atom is -0.482 e. The standard InChI is InChI=1S/C19H18Br2N2O2/c1-13-10-16(20)11-17(21)19(13)25-12-18(24)23-22-14(2)8-9-15-6-4-3-5-7-15/h3-11H,12H2,1-2H3,(H,23,24)/b9-8+,22-14+. The lowest BCUT2D eigenvalue weighted by molar-refractivity contribution is -0.123. The number of carbonyl (C=O) groups is 1. The lowest BCUT2D eigenvalue weighted by Crippen LogP contribution is -2.25. The Kier molecular flexibility index (Phi) is 7.40. The maximum Gasteiger partial charge on any atom is 0.277 e. The zero-order chi connectivity index (χ0) is 18.2. The second-order valence-electron chi connectivity index (χ2n) is 5.35. The summed E-state index contributed by atoms with van der Waals surface area (Å²) < 4.78 is 7.31. The summed E-state index contributed by atoms with van der Waals surface area (Å²) in [6.07, 6.45) is 3.77. The van der Waals surface area contributed by atoms with Crippen LogP contribution in [0.5, 0.6) is 5.75 Å². The van der Waals surface area contributed by atoms with E-state index in [2.05, 4.69) is 42.4 Å². The number of hydrogen-bond donors (Lipinski definition) is 1. The average molecular weight is 466 g/mol. The first-order valence-electron chi connectivity index (χ1n) is 7.60. The van der Waals surface area contributed by atoms with E-state index in [1.54, 1.807) is 0 Å². The smallest absolute Gasteiger partial charge is 0.277 e. The Morgan fingerprint density at radius 2 is 1.96 bits per heavy atom. The highest BCUT2D eigenvalue weighted by Gasteiger charge is 2.09. The Morgan fingerprint density at radius 1 is 1.24 bits per heavy atom. The fourth-order valence-electron chi connectivity index (χ4n) is 2.01. The number of hydrazone groups is 1. The first-order valence-corrected chi connectivity index (χ1v) is 9.19. The molecule has 2 aromatic rings. The third-order valence-corrected chi connectivity index (χ3v) is 4.26. The number of ether oxygens (including phenoxy) is 1. The summed E-state index contributed by atoms with van der Waals surface area (Å²) in [6.45, 7) is 3.62. The number of aryl methyl sites for hydroxylation is 1. The topological polar surface area (TPSA) is 50.7 Å². The van der Waals surface area contributed by atoms with Crippen LogP contribution in [0.4, 0.5) is 0 Å². The van der Waals surface area contributed by atoms with Crippen LogP contribution >= 0.6 is 31.9 Å². The van der Waals surface area contributed by atoms with E-state index in [0.717, 1.165) is 20.1 Å². The van der Waals surface area contributed by atoms with Crippen LogP contribution in [0, 0.1) is 6.92 Å². The molecule has 0 heterocycles. The Balaban J connectivity index is 1.87. The maximum absolute atomic E-state index is 11.9. The molecule has 1 N–H and O–H groups in total. The van der Waals surface area contributed by atoms with Gasteiger partial charge in [0.2, 0.25) is 0 Å². The molecule has 1 amide bonds. The number of nitrogens with zero attached hydrogens (tertiary/aromatic N) is 1. The number of allylic oxidation sites excluding steroid dienone is 1.